The first-order chi connectivity index (χ1) is 16.8. The van der Waals surface area contributed by atoms with Gasteiger partial charge in [0.15, 0.2) is 0 Å². The van der Waals surface area contributed by atoms with Crippen LogP contribution in [0.5, 0.6) is 23.1 Å². The number of imide groups is 1. The van der Waals surface area contributed by atoms with Crippen LogP contribution in [0.15, 0.2) is 60.9 Å². The van der Waals surface area contributed by atoms with E-state index in [4.69, 9.17) is 22.1 Å². The minimum absolute atomic E-state index is 0.243. The van der Waals surface area contributed by atoms with Crippen LogP contribution in [0.3, 0.4) is 0 Å². The average molecular weight is 490 g/mol. The predicted molar refractivity (Wildman–Crippen MR) is 134 cm³/mol. The molecule has 2 aromatic carbocycles. The zero-order valence-electron chi connectivity index (χ0n) is 19.3. The molecule has 1 aromatic heterocycles. The van der Waals surface area contributed by atoms with Gasteiger partial charge in [0, 0.05) is 13.1 Å². The fraction of sp³-hybridized carbons (Fsp3) is 0.250. The van der Waals surface area contributed by atoms with Crippen LogP contribution in [0, 0.1) is 0 Å². The smallest absolute Gasteiger partial charge is 0.285 e. The van der Waals surface area contributed by atoms with E-state index in [-0.39, 0.29) is 6.42 Å². The third kappa shape index (κ3) is 6.24. The number of anilines is 1. The topological polar surface area (TPSA) is 103 Å². The van der Waals surface area contributed by atoms with E-state index in [1.165, 1.54) is 6.33 Å². The Bertz CT molecular complexity index is 1200. The standard InChI is InChI=1S/C24H23BN4O5S/c1-29(20-13-21(27-15-26-20)34-19-9-7-17(32-2)8-10-19)11-12-33-18-5-3-16(4-6-18)14-24(25)22(30)28-23(31)35-24/h3-10,13,15H,11-12,14H2,1-2H3,(H,28,30,31)/t24-/m1/s1. The molecule has 1 saturated heterocycles. The minimum atomic E-state index is -1.28. The van der Waals surface area contributed by atoms with Crippen molar-refractivity contribution in [2.24, 2.45) is 0 Å². The van der Waals surface area contributed by atoms with E-state index in [1.807, 2.05) is 48.3 Å². The number of benzene rings is 2. The van der Waals surface area contributed by atoms with Crippen molar-refractivity contribution in [1.29, 1.82) is 0 Å². The lowest BCUT2D eigenvalue weighted by molar-refractivity contribution is -0.119. The largest absolute Gasteiger partial charge is 0.497 e. The number of carbonyl (C=O) groups excluding carboxylic acids is 2. The van der Waals surface area contributed by atoms with E-state index in [2.05, 4.69) is 15.3 Å². The van der Waals surface area contributed by atoms with Crippen molar-refractivity contribution in [1.82, 2.24) is 15.3 Å². The van der Waals surface area contributed by atoms with Gasteiger partial charge in [-0.2, -0.15) is 0 Å². The Kier molecular flexibility index (Phi) is 7.45. The number of rotatable bonds is 10. The summed E-state index contributed by atoms with van der Waals surface area (Å²) < 4.78 is 15.5. The normalized spacial score (nSPS) is 17.1. The number of nitrogens with zero attached hydrogens (tertiary/aromatic N) is 3. The number of hydrogen-bond donors (Lipinski definition) is 1. The van der Waals surface area contributed by atoms with E-state index in [1.54, 1.807) is 25.3 Å². The van der Waals surface area contributed by atoms with Crippen molar-refractivity contribution >= 4 is 36.6 Å². The van der Waals surface area contributed by atoms with Crippen molar-refractivity contribution in [3.63, 3.8) is 0 Å². The molecule has 0 aliphatic carbocycles. The molecule has 1 fully saturated rings. The van der Waals surface area contributed by atoms with Crippen LogP contribution in [0.1, 0.15) is 5.56 Å². The molecule has 4 rings (SSSR count). The van der Waals surface area contributed by atoms with Crippen LogP contribution in [-0.4, -0.2) is 60.9 Å². The lowest BCUT2D eigenvalue weighted by Crippen LogP contribution is -2.38. The van der Waals surface area contributed by atoms with Crippen molar-refractivity contribution < 1.29 is 23.8 Å². The lowest BCUT2D eigenvalue weighted by Gasteiger charge is -2.20. The highest BCUT2D eigenvalue weighted by Crippen LogP contribution is 2.32. The van der Waals surface area contributed by atoms with E-state index in [0.29, 0.717) is 36.3 Å². The predicted octanol–water partition coefficient (Wildman–Crippen LogP) is 3.18. The van der Waals surface area contributed by atoms with Gasteiger partial charge in [-0.05, 0) is 48.4 Å². The van der Waals surface area contributed by atoms with Gasteiger partial charge in [-0.3, -0.25) is 14.9 Å². The number of likely N-dealkylation sites (N-methyl/N-ethyl adjacent to an activating group) is 1. The van der Waals surface area contributed by atoms with Crippen LogP contribution in [0.4, 0.5) is 10.6 Å². The summed E-state index contributed by atoms with van der Waals surface area (Å²) in [6, 6.07) is 16.3. The van der Waals surface area contributed by atoms with Gasteiger partial charge < -0.3 is 19.1 Å². The molecule has 0 spiro atoms. The van der Waals surface area contributed by atoms with Crippen LogP contribution < -0.4 is 24.4 Å². The Morgan fingerprint density at radius 1 is 1.03 bits per heavy atom. The van der Waals surface area contributed by atoms with Crippen molar-refractivity contribution in [3.05, 3.63) is 66.5 Å². The second-order valence-corrected chi connectivity index (χ2v) is 9.12. The molecule has 2 heterocycles. The number of hydrogen-bond acceptors (Lipinski definition) is 9. The van der Waals surface area contributed by atoms with E-state index in [0.717, 1.165) is 23.1 Å². The Balaban J connectivity index is 1.27. The number of nitrogens with one attached hydrogen (secondary N) is 1. The number of aromatic nitrogens is 2. The molecule has 9 nitrogen and oxygen atoms in total. The van der Waals surface area contributed by atoms with Gasteiger partial charge in [-0.1, -0.05) is 23.9 Å². The Morgan fingerprint density at radius 3 is 2.37 bits per heavy atom. The average Bonchev–Trinajstić information content (AvgIpc) is 3.11. The maximum absolute atomic E-state index is 11.9. The van der Waals surface area contributed by atoms with E-state index in [9.17, 15) is 9.59 Å². The van der Waals surface area contributed by atoms with Gasteiger partial charge in [0.25, 0.3) is 5.24 Å². The summed E-state index contributed by atoms with van der Waals surface area (Å²) in [6.45, 7) is 0.994. The molecule has 1 atom stereocenters. The quantitative estimate of drug-likeness (QED) is 0.429. The van der Waals surface area contributed by atoms with Gasteiger partial charge in [-0.15, -0.1) is 0 Å². The van der Waals surface area contributed by atoms with Crippen molar-refractivity contribution in [2.75, 3.05) is 32.2 Å². The van der Waals surface area contributed by atoms with Crippen LogP contribution in [0.2, 0.25) is 0 Å². The molecule has 3 aromatic rings. The third-order valence-corrected chi connectivity index (χ3v) is 6.24. The number of ether oxygens (including phenoxy) is 3. The summed E-state index contributed by atoms with van der Waals surface area (Å²) in [6.07, 6.45) is 1.69. The Labute approximate surface area is 208 Å². The molecule has 0 bridgehead atoms. The maximum atomic E-state index is 11.9. The van der Waals surface area contributed by atoms with Gasteiger partial charge in [-0.25, -0.2) is 9.97 Å². The molecule has 2 radical (unpaired) electrons. The zero-order chi connectivity index (χ0) is 24.8. The molecule has 178 valence electrons. The fourth-order valence-corrected chi connectivity index (χ4v) is 4.19. The molecule has 1 N–H and O–H groups in total. The van der Waals surface area contributed by atoms with Crippen LogP contribution >= 0.6 is 11.8 Å². The lowest BCUT2D eigenvalue weighted by atomic mass is 9.80. The summed E-state index contributed by atoms with van der Waals surface area (Å²) in [7, 11) is 9.58. The van der Waals surface area contributed by atoms with E-state index >= 15 is 0 Å². The summed E-state index contributed by atoms with van der Waals surface area (Å²) in [5, 5.41) is 1.79. The number of amides is 2. The Morgan fingerprint density at radius 2 is 1.71 bits per heavy atom. The highest BCUT2D eigenvalue weighted by Gasteiger charge is 2.42. The molecule has 1 aliphatic heterocycles. The van der Waals surface area contributed by atoms with Crippen LogP contribution in [0.25, 0.3) is 0 Å². The number of carbonyl (C=O) groups is 2. The van der Waals surface area contributed by atoms with E-state index < -0.39 is 15.8 Å². The molecular formula is C24H23BN4O5S. The number of thioether (sulfide) groups is 1. The molecule has 0 saturated carbocycles. The first-order valence-electron chi connectivity index (χ1n) is 10.7. The first kappa shape index (κ1) is 24.4. The molecule has 2 amide bonds. The maximum Gasteiger partial charge on any atom is 0.285 e. The van der Waals surface area contributed by atoms with Crippen molar-refractivity contribution in [3.8, 4) is 23.1 Å². The highest BCUT2D eigenvalue weighted by atomic mass is 32.2. The Hall–Kier alpha value is -3.73. The molecular weight excluding hydrogens is 467 g/mol. The van der Waals surface area contributed by atoms with Crippen molar-refractivity contribution in [2.45, 2.75) is 11.1 Å². The highest BCUT2D eigenvalue weighted by molar-refractivity contribution is 8.17. The van der Waals surface area contributed by atoms with Gasteiger partial charge in [0.1, 0.15) is 43.8 Å². The molecule has 1 aliphatic rings. The van der Waals surface area contributed by atoms with Gasteiger partial charge in [0.2, 0.25) is 11.8 Å². The third-order valence-electron chi connectivity index (χ3n) is 5.26. The van der Waals surface area contributed by atoms with Crippen LogP contribution in [-0.2, 0) is 11.2 Å². The van der Waals surface area contributed by atoms with Gasteiger partial charge >= 0.3 is 0 Å². The first-order valence-corrected chi connectivity index (χ1v) is 11.6. The molecule has 0 unspecified atom stereocenters. The fourth-order valence-electron chi connectivity index (χ4n) is 3.33. The SMILES string of the molecule is [B][C@]1(Cc2ccc(OCCN(C)c3cc(Oc4ccc(OC)cc4)ncn3)cc2)SC(=O)NC1=O. The summed E-state index contributed by atoms with van der Waals surface area (Å²) in [5.41, 5.74) is 0.833. The minimum Gasteiger partial charge on any atom is -0.497 e. The summed E-state index contributed by atoms with van der Waals surface area (Å²) >= 11 is 0.810. The monoisotopic (exact) mass is 490 g/mol. The second kappa shape index (κ2) is 10.7. The summed E-state index contributed by atoms with van der Waals surface area (Å²) in [5.74, 6) is 2.71. The zero-order valence-corrected chi connectivity index (χ0v) is 20.1. The van der Waals surface area contributed by atoms with Gasteiger partial charge in [0.05, 0.1) is 18.3 Å². The molecule has 35 heavy (non-hydrogen) atoms. The second-order valence-electron chi connectivity index (χ2n) is 7.82. The summed E-state index contributed by atoms with van der Waals surface area (Å²) in [4.78, 5) is 33.7. The molecule has 11 heteroatoms. The number of methoxy groups -OCH3 is 1.